The van der Waals surface area contributed by atoms with E-state index in [4.69, 9.17) is 4.74 Å². The van der Waals surface area contributed by atoms with Crippen molar-refractivity contribution in [3.63, 3.8) is 0 Å². The van der Waals surface area contributed by atoms with Crippen LogP contribution >= 0.6 is 0 Å². The molecule has 6 heteroatoms. The fourth-order valence-corrected chi connectivity index (χ4v) is 3.02. The first-order valence-corrected chi connectivity index (χ1v) is 9.04. The van der Waals surface area contributed by atoms with Crippen molar-refractivity contribution in [2.24, 2.45) is 4.99 Å². The molecule has 138 valence electrons. The molecule has 5 nitrogen and oxygen atoms in total. The molecule has 1 heterocycles. The zero-order valence-electron chi connectivity index (χ0n) is 15.0. The van der Waals surface area contributed by atoms with Crippen LogP contribution in [0.3, 0.4) is 0 Å². The van der Waals surface area contributed by atoms with Gasteiger partial charge in [-0.2, -0.15) is 0 Å². The van der Waals surface area contributed by atoms with Crippen molar-refractivity contribution >= 4 is 5.96 Å². The summed E-state index contributed by atoms with van der Waals surface area (Å²) in [7, 11) is 1.72. The highest BCUT2D eigenvalue weighted by atomic mass is 19.1. The molecule has 0 bridgehead atoms. The molecule has 0 atom stereocenters. The summed E-state index contributed by atoms with van der Waals surface area (Å²) in [6.45, 7) is 1.14. The second kappa shape index (κ2) is 9.17. The Kier molecular flexibility index (Phi) is 6.41. The molecule has 1 saturated carbocycles. The summed E-state index contributed by atoms with van der Waals surface area (Å²) in [4.78, 5) is 8.62. The number of guanidine groups is 1. The summed E-state index contributed by atoms with van der Waals surface area (Å²) in [5, 5.41) is 6.50. The third kappa shape index (κ3) is 5.18. The number of rotatable bonds is 6. The third-order valence-electron chi connectivity index (χ3n) is 4.47. The largest absolute Gasteiger partial charge is 0.474 e. The van der Waals surface area contributed by atoms with Gasteiger partial charge in [-0.15, -0.1) is 0 Å². The number of nitrogens with one attached hydrogen (secondary N) is 2. The Morgan fingerprint density at radius 1 is 1.15 bits per heavy atom. The minimum atomic E-state index is -0.234. The number of benzene rings is 1. The van der Waals surface area contributed by atoms with Crippen molar-refractivity contribution in [1.82, 2.24) is 15.6 Å². The van der Waals surface area contributed by atoms with Crippen molar-refractivity contribution in [1.29, 1.82) is 0 Å². The molecule has 0 amide bonds. The SMILES string of the molecule is CN=C(NCc1ccc(F)cc1)NCc1cccnc1OC1CCCC1. The maximum atomic E-state index is 13.0. The van der Waals surface area contributed by atoms with Crippen LogP contribution in [-0.4, -0.2) is 24.1 Å². The third-order valence-corrected chi connectivity index (χ3v) is 4.47. The highest BCUT2D eigenvalue weighted by Crippen LogP contribution is 2.24. The van der Waals surface area contributed by atoms with E-state index in [0.29, 0.717) is 24.9 Å². The predicted molar refractivity (Wildman–Crippen MR) is 101 cm³/mol. The van der Waals surface area contributed by atoms with Crippen LogP contribution < -0.4 is 15.4 Å². The predicted octanol–water partition coefficient (Wildman–Crippen LogP) is 3.41. The maximum Gasteiger partial charge on any atom is 0.218 e. The van der Waals surface area contributed by atoms with E-state index in [-0.39, 0.29) is 11.9 Å². The van der Waals surface area contributed by atoms with Gasteiger partial charge in [-0.05, 0) is 49.4 Å². The monoisotopic (exact) mass is 356 g/mol. The average Bonchev–Trinajstić information content (AvgIpc) is 3.17. The van der Waals surface area contributed by atoms with E-state index in [9.17, 15) is 4.39 Å². The lowest BCUT2D eigenvalue weighted by Gasteiger charge is -2.17. The van der Waals surface area contributed by atoms with Gasteiger partial charge >= 0.3 is 0 Å². The van der Waals surface area contributed by atoms with E-state index < -0.39 is 0 Å². The van der Waals surface area contributed by atoms with Gasteiger partial charge in [0.1, 0.15) is 11.9 Å². The van der Waals surface area contributed by atoms with Crippen molar-refractivity contribution in [2.45, 2.75) is 44.9 Å². The lowest BCUT2D eigenvalue weighted by Crippen LogP contribution is -2.36. The molecular weight excluding hydrogens is 331 g/mol. The number of hydrogen-bond acceptors (Lipinski definition) is 3. The van der Waals surface area contributed by atoms with Crippen LogP contribution in [0.25, 0.3) is 0 Å². The van der Waals surface area contributed by atoms with E-state index >= 15 is 0 Å². The Bertz CT molecular complexity index is 727. The molecule has 26 heavy (non-hydrogen) atoms. The van der Waals surface area contributed by atoms with E-state index in [1.54, 1.807) is 25.4 Å². The molecule has 0 radical (unpaired) electrons. The molecule has 1 fully saturated rings. The summed E-state index contributed by atoms with van der Waals surface area (Å²) in [6.07, 6.45) is 6.69. The van der Waals surface area contributed by atoms with E-state index in [1.807, 2.05) is 12.1 Å². The Morgan fingerprint density at radius 3 is 2.62 bits per heavy atom. The lowest BCUT2D eigenvalue weighted by atomic mass is 10.2. The Labute approximate surface area is 153 Å². The Balaban J connectivity index is 1.54. The van der Waals surface area contributed by atoms with Gasteiger partial charge < -0.3 is 15.4 Å². The van der Waals surface area contributed by atoms with Gasteiger partial charge in [0.15, 0.2) is 5.96 Å². The van der Waals surface area contributed by atoms with Crippen molar-refractivity contribution in [3.8, 4) is 5.88 Å². The molecule has 0 unspecified atom stereocenters. The van der Waals surface area contributed by atoms with Crippen LogP contribution in [0.2, 0.25) is 0 Å². The van der Waals surface area contributed by atoms with Crippen molar-refractivity contribution in [3.05, 3.63) is 59.5 Å². The zero-order valence-corrected chi connectivity index (χ0v) is 15.0. The summed E-state index contributed by atoms with van der Waals surface area (Å²) >= 11 is 0. The molecule has 2 aromatic rings. The normalized spacial score (nSPS) is 15.1. The zero-order chi connectivity index (χ0) is 18.2. The number of ether oxygens (including phenoxy) is 1. The van der Waals surface area contributed by atoms with Gasteiger partial charge in [0.25, 0.3) is 0 Å². The van der Waals surface area contributed by atoms with E-state index in [1.165, 1.54) is 25.0 Å². The Morgan fingerprint density at radius 2 is 1.88 bits per heavy atom. The summed E-state index contributed by atoms with van der Waals surface area (Å²) in [6, 6.07) is 10.3. The maximum absolute atomic E-state index is 13.0. The fourth-order valence-electron chi connectivity index (χ4n) is 3.02. The van der Waals surface area contributed by atoms with Gasteiger partial charge in [-0.1, -0.05) is 18.2 Å². The summed E-state index contributed by atoms with van der Waals surface area (Å²) in [5.41, 5.74) is 1.99. The van der Waals surface area contributed by atoms with Crippen molar-refractivity contribution < 1.29 is 9.13 Å². The van der Waals surface area contributed by atoms with E-state index in [0.717, 1.165) is 24.0 Å². The lowest BCUT2D eigenvalue weighted by molar-refractivity contribution is 0.199. The molecule has 1 aliphatic rings. The molecule has 0 spiro atoms. The first-order valence-electron chi connectivity index (χ1n) is 9.04. The second-order valence-electron chi connectivity index (χ2n) is 6.40. The van der Waals surface area contributed by atoms with Gasteiger partial charge in [0, 0.05) is 31.9 Å². The molecular formula is C20H25FN4O. The second-order valence-corrected chi connectivity index (χ2v) is 6.40. The smallest absolute Gasteiger partial charge is 0.218 e. The number of aliphatic imine (C=N–C) groups is 1. The van der Waals surface area contributed by atoms with Crippen LogP contribution in [0.15, 0.2) is 47.6 Å². The first kappa shape index (κ1) is 18.2. The number of hydrogen-bond donors (Lipinski definition) is 2. The quantitative estimate of drug-likeness (QED) is 0.615. The van der Waals surface area contributed by atoms with Gasteiger partial charge in [0.05, 0.1) is 0 Å². The Hall–Kier alpha value is -2.63. The van der Waals surface area contributed by atoms with Crippen LogP contribution in [0.5, 0.6) is 5.88 Å². The molecule has 1 aromatic carbocycles. The number of nitrogens with zero attached hydrogens (tertiary/aromatic N) is 2. The van der Waals surface area contributed by atoms with Gasteiger partial charge in [0.2, 0.25) is 5.88 Å². The topological polar surface area (TPSA) is 58.5 Å². The molecule has 3 rings (SSSR count). The minimum absolute atomic E-state index is 0.234. The number of halogens is 1. The fraction of sp³-hybridized carbons (Fsp3) is 0.400. The highest BCUT2D eigenvalue weighted by molar-refractivity contribution is 5.79. The molecule has 1 aliphatic carbocycles. The molecule has 0 aliphatic heterocycles. The number of pyridine rings is 1. The van der Waals surface area contributed by atoms with E-state index in [2.05, 4.69) is 20.6 Å². The van der Waals surface area contributed by atoms with Gasteiger partial charge in [-0.3, -0.25) is 4.99 Å². The van der Waals surface area contributed by atoms with Gasteiger partial charge in [-0.25, -0.2) is 9.37 Å². The minimum Gasteiger partial charge on any atom is -0.474 e. The standard InChI is InChI=1S/C20H25FN4O/c1-22-20(24-13-15-8-10-17(21)11-9-15)25-14-16-5-4-12-23-19(16)26-18-6-2-3-7-18/h4-5,8-12,18H,2-3,6-7,13-14H2,1H3,(H2,22,24,25). The van der Waals surface area contributed by atoms with Crippen LogP contribution in [0.1, 0.15) is 36.8 Å². The first-order chi connectivity index (χ1) is 12.7. The van der Waals surface area contributed by atoms with Crippen LogP contribution in [-0.2, 0) is 13.1 Å². The van der Waals surface area contributed by atoms with Crippen LogP contribution in [0, 0.1) is 5.82 Å². The summed E-state index contributed by atoms with van der Waals surface area (Å²) < 4.78 is 19.0. The highest BCUT2D eigenvalue weighted by Gasteiger charge is 2.18. The number of aromatic nitrogens is 1. The van der Waals surface area contributed by atoms with Crippen molar-refractivity contribution in [2.75, 3.05) is 7.05 Å². The van der Waals surface area contributed by atoms with Crippen LogP contribution in [0.4, 0.5) is 4.39 Å². The average molecular weight is 356 g/mol. The molecule has 0 saturated heterocycles. The molecule has 2 N–H and O–H groups in total. The summed E-state index contributed by atoms with van der Waals surface area (Å²) in [5.74, 6) is 1.13. The molecule has 1 aromatic heterocycles.